The molecule has 2 fully saturated rings. The number of aromatic nitrogens is 1. The van der Waals surface area contributed by atoms with Crippen LogP contribution < -0.4 is 10.2 Å². The van der Waals surface area contributed by atoms with Gasteiger partial charge in [0.05, 0.1) is 12.1 Å². The second-order valence-electron chi connectivity index (χ2n) is 6.41. The van der Waals surface area contributed by atoms with Crippen LogP contribution in [0, 0.1) is 0 Å². The number of amides is 1. The van der Waals surface area contributed by atoms with Gasteiger partial charge in [-0.2, -0.15) is 0 Å². The monoisotopic (exact) mass is 338 g/mol. The molecule has 1 N–H and O–H groups in total. The predicted molar refractivity (Wildman–Crippen MR) is 91.9 cm³/mol. The Bertz CT molecular complexity index is 504. The Balaban J connectivity index is 1.48. The summed E-state index contributed by atoms with van der Waals surface area (Å²) in [5.41, 5.74) is 0. The van der Waals surface area contributed by atoms with Gasteiger partial charge in [0.25, 0.3) is 0 Å². The van der Waals surface area contributed by atoms with Crippen molar-refractivity contribution >= 4 is 22.4 Å². The third kappa shape index (κ3) is 4.02. The fraction of sp³-hybridized carbons (Fsp3) is 0.750. The first-order valence-corrected chi connectivity index (χ1v) is 9.32. The minimum Gasteiger partial charge on any atom is -0.376 e. The van der Waals surface area contributed by atoms with Gasteiger partial charge in [0.2, 0.25) is 5.91 Å². The van der Waals surface area contributed by atoms with Gasteiger partial charge in [-0.25, -0.2) is 4.98 Å². The van der Waals surface area contributed by atoms with E-state index in [9.17, 15) is 4.79 Å². The maximum Gasteiger partial charge on any atom is 0.237 e. The van der Waals surface area contributed by atoms with Gasteiger partial charge in [0.15, 0.2) is 5.13 Å². The minimum absolute atomic E-state index is 0.0997. The Kier molecular flexibility index (Phi) is 5.50. The van der Waals surface area contributed by atoms with Gasteiger partial charge in [-0.05, 0) is 26.7 Å². The molecule has 2 aliphatic heterocycles. The van der Waals surface area contributed by atoms with Crippen LogP contribution in [0.4, 0.5) is 5.13 Å². The maximum atomic E-state index is 12.4. The number of rotatable bonds is 5. The fourth-order valence-corrected chi connectivity index (χ4v) is 4.08. The largest absolute Gasteiger partial charge is 0.376 e. The quantitative estimate of drug-likeness (QED) is 0.878. The van der Waals surface area contributed by atoms with E-state index in [1.807, 2.05) is 18.5 Å². The Morgan fingerprint density at radius 1 is 1.57 bits per heavy atom. The lowest BCUT2D eigenvalue weighted by Crippen LogP contribution is -2.57. The molecule has 23 heavy (non-hydrogen) atoms. The highest BCUT2D eigenvalue weighted by Crippen LogP contribution is 2.23. The molecule has 0 aliphatic carbocycles. The summed E-state index contributed by atoms with van der Waals surface area (Å²) in [7, 11) is 0. The zero-order chi connectivity index (χ0) is 16.2. The number of hydrogen-bond acceptors (Lipinski definition) is 6. The molecular weight excluding hydrogens is 312 g/mol. The Hall–Kier alpha value is -1.18. The molecule has 3 heterocycles. The van der Waals surface area contributed by atoms with E-state index in [1.54, 1.807) is 11.3 Å². The standard InChI is InChI=1S/C16H26N4O2S/c1-12-11-19(6-7-20(12)16-17-5-9-23-16)13(2)15(21)18-10-14-4-3-8-22-14/h5,9,12-14H,3-4,6-8,10-11H2,1-2H3,(H,18,21). The van der Waals surface area contributed by atoms with E-state index in [4.69, 9.17) is 4.74 Å². The zero-order valence-electron chi connectivity index (χ0n) is 13.9. The van der Waals surface area contributed by atoms with E-state index in [1.165, 1.54) is 0 Å². The van der Waals surface area contributed by atoms with Gasteiger partial charge in [-0.15, -0.1) is 11.3 Å². The van der Waals surface area contributed by atoms with Crippen LogP contribution in [-0.2, 0) is 9.53 Å². The van der Waals surface area contributed by atoms with Crippen molar-refractivity contribution in [3.63, 3.8) is 0 Å². The van der Waals surface area contributed by atoms with Crippen LogP contribution in [0.2, 0.25) is 0 Å². The molecule has 6 nitrogen and oxygen atoms in total. The highest BCUT2D eigenvalue weighted by atomic mass is 32.1. The third-order valence-electron chi connectivity index (χ3n) is 4.78. The van der Waals surface area contributed by atoms with Gasteiger partial charge < -0.3 is 15.0 Å². The fourth-order valence-electron chi connectivity index (χ4n) is 3.31. The van der Waals surface area contributed by atoms with Crippen molar-refractivity contribution in [1.29, 1.82) is 0 Å². The van der Waals surface area contributed by atoms with Gasteiger partial charge in [0, 0.05) is 50.4 Å². The number of nitrogens with zero attached hydrogens (tertiary/aromatic N) is 3. The van der Waals surface area contributed by atoms with Crippen molar-refractivity contribution in [2.45, 2.75) is 44.9 Å². The van der Waals surface area contributed by atoms with E-state index >= 15 is 0 Å². The first-order valence-electron chi connectivity index (χ1n) is 8.44. The first-order chi connectivity index (χ1) is 11.1. The number of carbonyl (C=O) groups excluding carboxylic acids is 1. The summed E-state index contributed by atoms with van der Waals surface area (Å²) < 4.78 is 5.56. The normalized spacial score (nSPS) is 27.1. The molecule has 0 aromatic carbocycles. The van der Waals surface area contributed by atoms with Crippen molar-refractivity contribution < 1.29 is 9.53 Å². The second kappa shape index (κ2) is 7.59. The lowest BCUT2D eigenvalue weighted by atomic mass is 10.1. The van der Waals surface area contributed by atoms with Crippen molar-refractivity contribution in [2.24, 2.45) is 0 Å². The molecule has 1 aromatic rings. The smallest absolute Gasteiger partial charge is 0.237 e. The van der Waals surface area contributed by atoms with Crippen molar-refractivity contribution in [3.05, 3.63) is 11.6 Å². The summed E-state index contributed by atoms with van der Waals surface area (Å²) >= 11 is 1.67. The van der Waals surface area contributed by atoms with Crippen molar-refractivity contribution in [3.8, 4) is 0 Å². The van der Waals surface area contributed by atoms with Crippen LogP contribution in [0.15, 0.2) is 11.6 Å². The molecule has 128 valence electrons. The molecule has 0 radical (unpaired) electrons. The number of nitrogens with one attached hydrogen (secondary N) is 1. The summed E-state index contributed by atoms with van der Waals surface area (Å²) in [6, 6.07) is 0.264. The maximum absolute atomic E-state index is 12.4. The van der Waals surface area contributed by atoms with Crippen LogP contribution in [-0.4, -0.2) is 66.8 Å². The van der Waals surface area contributed by atoms with Crippen LogP contribution >= 0.6 is 11.3 Å². The first kappa shape index (κ1) is 16.7. The summed E-state index contributed by atoms with van der Waals surface area (Å²) in [6.45, 7) is 8.34. The molecular formula is C16H26N4O2S. The summed E-state index contributed by atoms with van der Waals surface area (Å²) in [6.07, 6.45) is 4.21. The molecule has 7 heteroatoms. The average Bonchev–Trinajstić information content (AvgIpc) is 3.25. The summed E-state index contributed by atoms with van der Waals surface area (Å²) in [5.74, 6) is 0.107. The number of hydrogen-bond donors (Lipinski definition) is 1. The van der Waals surface area contributed by atoms with Crippen LogP contribution in [0.3, 0.4) is 0 Å². The summed E-state index contributed by atoms with van der Waals surface area (Å²) in [5, 5.41) is 6.13. The molecule has 3 unspecified atom stereocenters. The predicted octanol–water partition coefficient (Wildman–Crippen LogP) is 1.34. The molecule has 1 amide bonds. The van der Waals surface area contributed by atoms with E-state index in [2.05, 4.69) is 27.0 Å². The zero-order valence-corrected chi connectivity index (χ0v) is 14.7. The second-order valence-corrected chi connectivity index (χ2v) is 7.28. The van der Waals surface area contributed by atoms with Crippen molar-refractivity contribution in [1.82, 2.24) is 15.2 Å². The van der Waals surface area contributed by atoms with Crippen LogP contribution in [0.1, 0.15) is 26.7 Å². The lowest BCUT2D eigenvalue weighted by Gasteiger charge is -2.41. The molecule has 0 spiro atoms. The molecule has 2 aliphatic rings. The topological polar surface area (TPSA) is 57.7 Å². The number of piperazine rings is 1. The number of anilines is 1. The van der Waals surface area contributed by atoms with Crippen LogP contribution in [0.5, 0.6) is 0 Å². The SMILES string of the molecule is CC(C(=O)NCC1CCCO1)N1CCN(c2nccs2)C(C)C1. The number of carbonyl (C=O) groups is 1. The molecule has 3 atom stereocenters. The average molecular weight is 338 g/mol. The molecule has 1 aromatic heterocycles. The Morgan fingerprint density at radius 3 is 3.09 bits per heavy atom. The van der Waals surface area contributed by atoms with E-state index in [-0.39, 0.29) is 18.1 Å². The van der Waals surface area contributed by atoms with Crippen LogP contribution in [0.25, 0.3) is 0 Å². The van der Waals surface area contributed by atoms with Gasteiger partial charge >= 0.3 is 0 Å². The number of thiazole rings is 1. The molecule has 0 bridgehead atoms. The van der Waals surface area contributed by atoms with Gasteiger partial charge in [-0.1, -0.05) is 0 Å². The highest BCUT2D eigenvalue weighted by Gasteiger charge is 2.30. The van der Waals surface area contributed by atoms with Gasteiger partial charge in [0.1, 0.15) is 0 Å². The highest BCUT2D eigenvalue weighted by molar-refractivity contribution is 7.13. The molecule has 3 rings (SSSR count). The lowest BCUT2D eigenvalue weighted by molar-refractivity contribution is -0.126. The van der Waals surface area contributed by atoms with Crippen molar-refractivity contribution in [2.75, 3.05) is 37.7 Å². The number of ether oxygens (including phenoxy) is 1. The van der Waals surface area contributed by atoms with E-state index < -0.39 is 0 Å². The minimum atomic E-state index is -0.0997. The Morgan fingerprint density at radius 2 is 2.43 bits per heavy atom. The van der Waals surface area contributed by atoms with E-state index in [0.29, 0.717) is 12.6 Å². The molecule has 0 saturated carbocycles. The summed E-state index contributed by atoms with van der Waals surface area (Å²) in [4.78, 5) is 21.4. The third-order valence-corrected chi connectivity index (χ3v) is 5.59. The van der Waals surface area contributed by atoms with E-state index in [0.717, 1.165) is 44.2 Å². The Labute approximate surface area is 141 Å². The molecule has 2 saturated heterocycles. The van der Waals surface area contributed by atoms with Gasteiger partial charge in [-0.3, -0.25) is 9.69 Å².